The molecule has 1 N–H and O–H groups in total. The number of rotatable bonds is 4. The number of benzene rings is 1. The molecule has 0 spiro atoms. The van der Waals surface area contributed by atoms with Crippen LogP contribution in [0.5, 0.6) is 5.75 Å². The lowest BCUT2D eigenvalue weighted by Crippen LogP contribution is -2.24. The van der Waals surface area contributed by atoms with Crippen molar-refractivity contribution >= 4 is 17.2 Å². The predicted molar refractivity (Wildman–Crippen MR) is 76.0 cm³/mol. The van der Waals surface area contributed by atoms with Crippen molar-refractivity contribution in [3.8, 4) is 5.75 Å². The van der Waals surface area contributed by atoms with Gasteiger partial charge in [-0.1, -0.05) is 18.2 Å². The summed E-state index contributed by atoms with van der Waals surface area (Å²) in [5.74, 6) is 1.02. The van der Waals surface area contributed by atoms with Gasteiger partial charge in [-0.2, -0.15) is 0 Å². The third-order valence-corrected chi connectivity index (χ3v) is 4.07. The van der Waals surface area contributed by atoms with Crippen LogP contribution < -0.4 is 10.1 Å². The highest BCUT2D eigenvalue weighted by Crippen LogP contribution is 2.25. The number of hydrogen-bond acceptors (Lipinski definition) is 3. The summed E-state index contributed by atoms with van der Waals surface area (Å²) in [5.41, 5.74) is 2.53. The first-order chi connectivity index (χ1) is 9.33. The molecule has 3 nitrogen and oxygen atoms in total. The van der Waals surface area contributed by atoms with E-state index in [2.05, 4.69) is 17.4 Å². The molecule has 0 saturated carbocycles. The summed E-state index contributed by atoms with van der Waals surface area (Å²) >= 11 is 1.46. The van der Waals surface area contributed by atoms with Crippen LogP contribution in [0, 0.1) is 0 Å². The summed E-state index contributed by atoms with van der Waals surface area (Å²) in [7, 11) is 0. The number of carbonyl (C=O) groups excluding carboxylic acids is 1. The fourth-order valence-corrected chi connectivity index (χ4v) is 2.85. The van der Waals surface area contributed by atoms with Gasteiger partial charge in [0.25, 0.3) is 5.91 Å². The van der Waals surface area contributed by atoms with E-state index in [-0.39, 0.29) is 5.91 Å². The number of thiophene rings is 1. The normalized spacial score (nSPS) is 12.8. The molecule has 0 aliphatic carbocycles. The van der Waals surface area contributed by atoms with E-state index < -0.39 is 0 Å². The maximum Gasteiger partial charge on any atom is 0.261 e. The second kappa shape index (κ2) is 5.45. The number of carbonyl (C=O) groups is 1. The Labute approximate surface area is 116 Å². The van der Waals surface area contributed by atoms with Gasteiger partial charge in [0.05, 0.1) is 11.5 Å². The number of nitrogens with one attached hydrogen (secondary N) is 1. The summed E-state index contributed by atoms with van der Waals surface area (Å²) in [5, 5.41) is 4.85. The Hall–Kier alpha value is -1.81. The lowest BCUT2D eigenvalue weighted by Gasteiger charge is -2.05. The minimum absolute atomic E-state index is 0.0134. The molecule has 19 heavy (non-hydrogen) atoms. The summed E-state index contributed by atoms with van der Waals surface area (Å²) in [4.78, 5) is 12.5. The molecule has 0 unspecified atom stereocenters. The first kappa shape index (κ1) is 12.2. The topological polar surface area (TPSA) is 38.3 Å². The molecule has 3 rings (SSSR count). The highest BCUT2D eigenvalue weighted by Gasteiger charge is 2.12. The van der Waals surface area contributed by atoms with E-state index in [4.69, 9.17) is 4.74 Å². The van der Waals surface area contributed by atoms with Crippen molar-refractivity contribution in [2.24, 2.45) is 0 Å². The lowest BCUT2D eigenvalue weighted by atomic mass is 10.1. The van der Waals surface area contributed by atoms with Gasteiger partial charge in [-0.15, -0.1) is 11.3 Å². The molecule has 1 amide bonds. The summed E-state index contributed by atoms with van der Waals surface area (Å²) < 4.78 is 5.48. The zero-order chi connectivity index (χ0) is 13.1. The van der Waals surface area contributed by atoms with E-state index >= 15 is 0 Å². The first-order valence-corrected chi connectivity index (χ1v) is 7.27. The average Bonchev–Trinajstić information content (AvgIpc) is 3.09. The standard InChI is InChI=1S/C15H15NO2S/c17-15(14-2-1-9-19-14)16-7-5-11-3-4-13-12(10-11)6-8-18-13/h1-4,9-10H,5-8H2,(H,16,17). The van der Waals surface area contributed by atoms with E-state index in [1.807, 2.05) is 23.6 Å². The van der Waals surface area contributed by atoms with E-state index in [0.29, 0.717) is 6.54 Å². The largest absolute Gasteiger partial charge is 0.493 e. The maximum absolute atomic E-state index is 11.8. The number of fused-ring (bicyclic) bond motifs is 1. The summed E-state index contributed by atoms with van der Waals surface area (Å²) in [6, 6.07) is 10.0. The number of ether oxygens (including phenoxy) is 1. The molecular weight excluding hydrogens is 258 g/mol. The highest BCUT2D eigenvalue weighted by molar-refractivity contribution is 7.12. The molecule has 1 aliphatic heterocycles. The molecule has 1 aromatic heterocycles. The van der Waals surface area contributed by atoms with Crippen LogP contribution in [0.1, 0.15) is 20.8 Å². The van der Waals surface area contributed by atoms with E-state index in [1.54, 1.807) is 0 Å². The van der Waals surface area contributed by atoms with Crippen LogP contribution in [0.3, 0.4) is 0 Å². The van der Waals surface area contributed by atoms with Gasteiger partial charge < -0.3 is 10.1 Å². The summed E-state index contributed by atoms with van der Waals surface area (Å²) in [6.07, 6.45) is 1.84. The van der Waals surface area contributed by atoms with Crippen LogP contribution in [0.4, 0.5) is 0 Å². The monoisotopic (exact) mass is 273 g/mol. The molecule has 2 aromatic rings. The van der Waals surface area contributed by atoms with Gasteiger partial charge in [-0.05, 0) is 35.1 Å². The van der Waals surface area contributed by atoms with Crippen LogP contribution in [0.2, 0.25) is 0 Å². The Kier molecular flexibility index (Phi) is 3.51. The third kappa shape index (κ3) is 2.79. The number of hydrogen-bond donors (Lipinski definition) is 1. The second-order valence-electron chi connectivity index (χ2n) is 4.52. The van der Waals surface area contributed by atoms with E-state index in [9.17, 15) is 4.79 Å². The molecule has 98 valence electrons. The van der Waals surface area contributed by atoms with Crippen molar-refractivity contribution in [1.82, 2.24) is 5.32 Å². The fourth-order valence-electron chi connectivity index (χ4n) is 2.21. The van der Waals surface area contributed by atoms with Gasteiger partial charge >= 0.3 is 0 Å². The molecule has 2 heterocycles. The van der Waals surface area contributed by atoms with Crippen LogP contribution in [-0.4, -0.2) is 19.1 Å². The van der Waals surface area contributed by atoms with Gasteiger partial charge in [-0.25, -0.2) is 0 Å². The Morgan fingerprint density at radius 1 is 1.37 bits per heavy atom. The summed E-state index contributed by atoms with van der Waals surface area (Å²) in [6.45, 7) is 1.45. The van der Waals surface area contributed by atoms with Gasteiger partial charge in [0, 0.05) is 13.0 Å². The van der Waals surface area contributed by atoms with Crippen molar-refractivity contribution in [3.05, 3.63) is 51.7 Å². The van der Waals surface area contributed by atoms with E-state index in [0.717, 1.165) is 30.1 Å². The van der Waals surface area contributed by atoms with E-state index in [1.165, 1.54) is 22.5 Å². The van der Waals surface area contributed by atoms with Crippen LogP contribution in [0.25, 0.3) is 0 Å². The predicted octanol–water partition coefficient (Wildman–Crippen LogP) is 2.66. The molecule has 0 radical (unpaired) electrons. The molecule has 0 saturated heterocycles. The van der Waals surface area contributed by atoms with Crippen molar-refractivity contribution in [2.45, 2.75) is 12.8 Å². The van der Waals surface area contributed by atoms with Crippen LogP contribution in [-0.2, 0) is 12.8 Å². The third-order valence-electron chi connectivity index (χ3n) is 3.20. The highest BCUT2D eigenvalue weighted by atomic mass is 32.1. The Balaban J connectivity index is 1.54. The molecule has 0 atom stereocenters. The van der Waals surface area contributed by atoms with Gasteiger partial charge in [-0.3, -0.25) is 4.79 Å². The molecule has 0 fully saturated rings. The van der Waals surface area contributed by atoms with Gasteiger partial charge in [0.2, 0.25) is 0 Å². The Bertz CT molecular complexity index is 578. The quantitative estimate of drug-likeness (QED) is 0.930. The molecule has 1 aliphatic rings. The average molecular weight is 273 g/mol. The molecular formula is C15H15NO2S. The van der Waals surface area contributed by atoms with Crippen LogP contribution >= 0.6 is 11.3 Å². The number of amides is 1. The SMILES string of the molecule is O=C(NCCc1ccc2c(c1)CCO2)c1cccs1. The van der Waals surface area contributed by atoms with Crippen LogP contribution in [0.15, 0.2) is 35.7 Å². The molecule has 4 heteroatoms. The Morgan fingerprint density at radius 2 is 2.32 bits per heavy atom. The van der Waals surface area contributed by atoms with Crippen molar-refractivity contribution < 1.29 is 9.53 Å². The van der Waals surface area contributed by atoms with Gasteiger partial charge in [0.1, 0.15) is 5.75 Å². The maximum atomic E-state index is 11.8. The molecule has 1 aromatic carbocycles. The lowest BCUT2D eigenvalue weighted by molar-refractivity contribution is 0.0958. The fraction of sp³-hybridized carbons (Fsp3) is 0.267. The van der Waals surface area contributed by atoms with Crippen molar-refractivity contribution in [3.63, 3.8) is 0 Å². The second-order valence-corrected chi connectivity index (χ2v) is 5.47. The van der Waals surface area contributed by atoms with Crippen molar-refractivity contribution in [2.75, 3.05) is 13.2 Å². The minimum Gasteiger partial charge on any atom is -0.493 e. The Morgan fingerprint density at radius 3 is 3.16 bits per heavy atom. The van der Waals surface area contributed by atoms with Gasteiger partial charge in [0.15, 0.2) is 0 Å². The first-order valence-electron chi connectivity index (χ1n) is 6.39. The van der Waals surface area contributed by atoms with Crippen molar-refractivity contribution in [1.29, 1.82) is 0 Å². The molecule has 0 bridgehead atoms. The smallest absolute Gasteiger partial charge is 0.261 e. The zero-order valence-corrected chi connectivity index (χ0v) is 11.3. The zero-order valence-electron chi connectivity index (χ0n) is 10.5. The minimum atomic E-state index is 0.0134.